The van der Waals surface area contributed by atoms with Gasteiger partial charge in [0.2, 0.25) is 0 Å². The Bertz CT molecular complexity index is 305. The lowest BCUT2D eigenvalue weighted by atomic mass is 10.1. The van der Waals surface area contributed by atoms with Crippen LogP contribution in [0.1, 0.15) is 32.6 Å². The second-order valence-electron chi connectivity index (χ2n) is 3.83. The van der Waals surface area contributed by atoms with Crippen LogP contribution < -0.4 is 0 Å². The van der Waals surface area contributed by atoms with E-state index in [2.05, 4.69) is 16.0 Å². The van der Waals surface area contributed by atoms with Crippen molar-refractivity contribution in [3.05, 3.63) is 0 Å². The molecule has 102 valence electrons. The van der Waals surface area contributed by atoms with Gasteiger partial charge in [-0.2, -0.15) is 8.42 Å². The van der Waals surface area contributed by atoms with Gasteiger partial charge in [-0.15, -0.1) is 0 Å². The molecule has 17 heavy (non-hydrogen) atoms. The summed E-state index contributed by atoms with van der Waals surface area (Å²) in [5.41, 5.74) is 0. The summed E-state index contributed by atoms with van der Waals surface area (Å²) in [4.78, 5) is 13.2. The van der Waals surface area contributed by atoms with Crippen LogP contribution in [0.4, 0.5) is 0 Å². The third kappa shape index (κ3) is 10.4. The molecule has 0 aromatic heterocycles. The first-order valence-electron chi connectivity index (χ1n) is 5.66. The van der Waals surface area contributed by atoms with Crippen LogP contribution in [0.15, 0.2) is 0 Å². The summed E-state index contributed by atoms with van der Waals surface area (Å²) in [6.45, 7) is 5.39. The first-order valence-corrected chi connectivity index (χ1v) is 7.02. The zero-order valence-electron chi connectivity index (χ0n) is 10.4. The minimum Gasteiger partial charge on any atom is -0.302 e. The Morgan fingerprint density at radius 1 is 1.35 bits per heavy atom. The number of hydrogen-bond acceptors (Lipinski definition) is 5. The van der Waals surface area contributed by atoms with Crippen molar-refractivity contribution in [1.82, 2.24) is 4.90 Å². The highest BCUT2D eigenvalue weighted by Gasteiger charge is 2.14. The second kappa shape index (κ2) is 8.57. The normalized spacial score (nSPS) is 17.5. The van der Waals surface area contributed by atoms with Crippen LogP contribution in [0.25, 0.3) is 0 Å². The van der Waals surface area contributed by atoms with E-state index in [9.17, 15) is 13.2 Å². The summed E-state index contributed by atoms with van der Waals surface area (Å²) in [5.74, 6) is 0.442. The number of nitrogens with zero attached hydrogens (tertiary/aromatic N) is 1. The van der Waals surface area contributed by atoms with E-state index >= 15 is 0 Å². The van der Waals surface area contributed by atoms with Gasteiger partial charge in [0.1, 0.15) is 5.78 Å². The SMILES string of the molecule is CCCCN1CCC(=O)CC1.COS(=O)(=O)O. The Morgan fingerprint density at radius 3 is 2.18 bits per heavy atom. The van der Waals surface area contributed by atoms with Gasteiger partial charge < -0.3 is 4.90 Å². The third-order valence-electron chi connectivity index (χ3n) is 2.45. The Balaban J connectivity index is 0.000000366. The van der Waals surface area contributed by atoms with Crippen LogP contribution in [-0.4, -0.2) is 50.4 Å². The minimum absolute atomic E-state index is 0.442. The Morgan fingerprint density at radius 2 is 1.82 bits per heavy atom. The molecular formula is C10H21NO5S. The smallest absolute Gasteiger partial charge is 0.302 e. The van der Waals surface area contributed by atoms with Crippen molar-refractivity contribution >= 4 is 16.2 Å². The molecule has 0 unspecified atom stereocenters. The second-order valence-corrected chi connectivity index (χ2v) is 5.02. The summed E-state index contributed by atoms with van der Waals surface area (Å²) in [6.07, 6.45) is 4.09. The molecule has 6 nitrogen and oxygen atoms in total. The average Bonchev–Trinajstić information content (AvgIpc) is 2.28. The largest absolute Gasteiger partial charge is 0.397 e. The van der Waals surface area contributed by atoms with Crippen LogP contribution in [0.2, 0.25) is 0 Å². The number of rotatable bonds is 4. The number of piperidine rings is 1. The van der Waals surface area contributed by atoms with Gasteiger partial charge >= 0.3 is 10.4 Å². The fourth-order valence-corrected chi connectivity index (χ4v) is 1.41. The quantitative estimate of drug-likeness (QED) is 0.761. The van der Waals surface area contributed by atoms with Crippen LogP contribution in [-0.2, 0) is 19.4 Å². The van der Waals surface area contributed by atoms with Crippen LogP contribution in [0.3, 0.4) is 0 Å². The summed E-state index contributed by atoms with van der Waals surface area (Å²) in [5, 5.41) is 0. The molecule has 1 aliphatic heterocycles. The van der Waals surface area contributed by atoms with Gasteiger partial charge in [0, 0.05) is 25.9 Å². The van der Waals surface area contributed by atoms with Crippen molar-refractivity contribution in [2.75, 3.05) is 26.7 Å². The predicted octanol–water partition coefficient (Wildman–Crippen LogP) is 0.887. The standard InChI is InChI=1S/C9H17NO.CH4O4S/c1-2-3-6-10-7-4-9(11)5-8-10;1-5-6(2,3)4/h2-8H2,1H3;1H3,(H,2,3,4). The average molecular weight is 267 g/mol. The van der Waals surface area contributed by atoms with Crippen molar-refractivity contribution in [1.29, 1.82) is 0 Å². The van der Waals surface area contributed by atoms with E-state index < -0.39 is 10.4 Å². The highest BCUT2D eigenvalue weighted by molar-refractivity contribution is 7.80. The first kappa shape index (κ1) is 16.5. The summed E-state index contributed by atoms with van der Waals surface area (Å²) < 4.78 is 29.7. The van der Waals surface area contributed by atoms with E-state index in [1.165, 1.54) is 19.4 Å². The molecule has 0 amide bonds. The lowest BCUT2D eigenvalue weighted by molar-refractivity contribution is -0.121. The third-order valence-corrected chi connectivity index (χ3v) is 2.87. The Kier molecular flexibility index (Phi) is 8.32. The van der Waals surface area contributed by atoms with Crippen molar-refractivity contribution in [2.24, 2.45) is 0 Å². The molecule has 0 saturated carbocycles. The molecule has 0 bridgehead atoms. The number of carbonyl (C=O) groups is 1. The van der Waals surface area contributed by atoms with Gasteiger partial charge in [-0.25, -0.2) is 0 Å². The van der Waals surface area contributed by atoms with Gasteiger partial charge in [-0.05, 0) is 13.0 Å². The number of carbonyl (C=O) groups excluding carboxylic acids is 1. The monoisotopic (exact) mass is 267 g/mol. The highest BCUT2D eigenvalue weighted by Crippen LogP contribution is 2.06. The van der Waals surface area contributed by atoms with Crippen LogP contribution in [0, 0.1) is 0 Å². The molecule has 0 atom stereocenters. The van der Waals surface area contributed by atoms with Gasteiger partial charge in [-0.1, -0.05) is 13.3 Å². The van der Waals surface area contributed by atoms with E-state index in [4.69, 9.17) is 4.55 Å². The zero-order chi connectivity index (χ0) is 13.3. The molecule has 0 aromatic rings. The Labute approximate surface area is 103 Å². The van der Waals surface area contributed by atoms with Crippen molar-refractivity contribution < 1.29 is 21.9 Å². The number of unbranched alkanes of at least 4 members (excludes halogenated alkanes) is 1. The van der Waals surface area contributed by atoms with Gasteiger partial charge in [0.15, 0.2) is 0 Å². The van der Waals surface area contributed by atoms with Crippen molar-refractivity contribution in [3.63, 3.8) is 0 Å². The van der Waals surface area contributed by atoms with E-state index in [0.29, 0.717) is 5.78 Å². The molecule has 0 aliphatic carbocycles. The molecule has 1 rings (SSSR count). The summed E-state index contributed by atoms with van der Waals surface area (Å²) in [7, 11) is -3.29. The maximum Gasteiger partial charge on any atom is 0.397 e. The maximum absolute atomic E-state index is 10.9. The van der Waals surface area contributed by atoms with E-state index in [1.54, 1.807) is 0 Å². The molecule has 1 fully saturated rings. The molecule has 0 aromatic carbocycles. The number of hydrogen-bond donors (Lipinski definition) is 1. The number of ketones is 1. The molecule has 0 radical (unpaired) electrons. The first-order chi connectivity index (χ1) is 7.89. The number of Topliss-reactive ketones (excluding diaryl/α,β-unsaturated/α-hetero) is 1. The van der Waals surface area contributed by atoms with Gasteiger partial charge in [0.25, 0.3) is 0 Å². The zero-order valence-corrected chi connectivity index (χ0v) is 11.2. The fourth-order valence-electron chi connectivity index (χ4n) is 1.41. The van der Waals surface area contributed by atoms with Crippen LogP contribution in [0.5, 0.6) is 0 Å². The number of likely N-dealkylation sites (tertiary alicyclic amines) is 1. The van der Waals surface area contributed by atoms with Crippen molar-refractivity contribution in [2.45, 2.75) is 32.6 Å². The molecule has 0 spiro atoms. The van der Waals surface area contributed by atoms with Crippen molar-refractivity contribution in [3.8, 4) is 0 Å². The molecule has 1 saturated heterocycles. The summed E-state index contributed by atoms with van der Waals surface area (Å²) in [6, 6.07) is 0. The highest BCUT2D eigenvalue weighted by atomic mass is 32.3. The topological polar surface area (TPSA) is 83.9 Å². The van der Waals surface area contributed by atoms with E-state index in [0.717, 1.165) is 33.0 Å². The minimum atomic E-state index is -4.16. The maximum atomic E-state index is 10.9. The van der Waals surface area contributed by atoms with E-state index in [-0.39, 0.29) is 0 Å². The Hall–Kier alpha value is -0.500. The predicted molar refractivity (Wildman–Crippen MR) is 64.1 cm³/mol. The van der Waals surface area contributed by atoms with Gasteiger partial charge in [-0.3, -0.25) is 13.5 Å². The lowest BCUT2D eigenvalue weighted by Crippen LogP contribution is -2.34. The fraction of sp³-hybridized carbons (Fsp3) is 0.900. The molecule has 7 heteroatoms. The molecular weight excluding hydrogens is 246 g/mol. The van der Waals surface area contributed by atoms with E-state index in [1.807, 2.05) is 0 Å². The molecule has 1 heterocycles. The summed E-state index contributed by atoms with van der Waals surface area (Å²) >= 11 is 0. The van der Waals surface area contributed by atoms with Gasteiger partial charge in [0.05, 0.1) is 7.11 Å². The molecule has 1 N–H and O–H groups in total. The van der Waals surface area contributed by atoms with Crippen LogP contribution >= 0.6 is 0 Å². The molecule has 1 aliphatic rings. The lowest BCUT2D eigenvalue weighted by Gasteiger charge is -2.25.